The molecular formula is C13H17NO3. The number of hydrogen-bond acceptors (Lipinski definition) is 4. The van der Waals surface area contributed by atoms with Crippen LogP contribution in [0.4, 0.5) is 0 Å². The smallest absolute Gasteiger partial charge is 0.315 e. The number of carbonyl (C=O) groups is 2. The number of carbonyl (C=O) groups excluding carboxylic acids is 2. The zero-order valence-electron chi connectivity index (χ0n) is 10.1. The van der Waals surface area contributed by atoms with E-state index in [2.05, 4.69) is 4.74 Å². The van der Waals surface area contributed by atoms with Gasteiger partial charge in [0.15, 0.2) is 0 Å². The molecule has 17 heavy (non-hydrogen) atoms. The average molecular weight is 235 g/mol. The molecule has 0 saturated carbocycles. The van der Waals surface area contributed by atoms with Crippen LogP contribution in [-0.4, -0.2) is 12.4 Å². The molecule has 0 radical (unpaired) electrons. The molecule has 0 aliphatic rings. The van der Waals surface area contributed by atoms with E-state index in [1.165, 1.54) is 0 Å². The van der Waals surface area contributed by atoms with Crippen LogP contribution in [0.25, 0.3) is 0 Å². The second-order valence-electron chi connectivity index (χ2n) is 4.32. The topological polar surface area (TPSA) is 69.4 Å². The van der Waals surface area contributed by atoms with Crippen molar-refractivity contribution in [2.75, 3.05) is 0 Å². The van der Waals surface area contributed by atoms with Gasteiger partial charge in [-0.15, -0.1) is 0 Å². The van der Waals surface area contributed by atoms with Gasteiger partial charge in [-0.2, -0.15) is 0 Å². The van der Waals surface area contributed by atoms with Crippen molar-refractivity contribution in [3.05, 3.63) is 35.9 Å². The van der Waals surface area contributed by atoms with Crippen molar-refractivity contribution in [1.82, 2.24) is 0 Å². The maximum atomic E-state index is 11.4. The van der Waals surface area contributed by atoms with Crippen LogP contribution in [0.3, 0.4) is 0 Å². The lowest BCUT2D eigenvalue weighted by atomic mass is 9.78. The van der Waals surface area contributed by atoms with Crippen molar-refractivity contribution in [3.63, 3.8) is 0 Å². The molecule has 1 aromatic carbocycles. The summed E-state index contributed by atoms with van der Waals surface area (Å²) in [5.74, 6) is -0.566. The van der Waals surface area contributed by atoms with Crippen LogP contribution in [0.1, 0.15) is 25.8 Å². The third kappa shape index (κ3) is 3.14. The SMILES string of the molecule is CC(C)C(N)(CC(=O)OC=O)c1ccccc1. The molecule has 0 heterocycles. The Kier molecular flexibility index (Phi) is 4.40. The fraction of sp³-hybridized carbons (Fsp3) is 0.385. The van der Waals surface area contributed by atoms with Gasteiger partial charge >= 0.3 is 12.4 Å². The molecule has 92 valence electrons. The Morgan fingerprint density at radius 1 is 1.41 bits per heavy atom. The summed E-state index contributed by atoms with van der Waals surface area (Å²) in [6, 6.07) is 9.35. The average Bonchev–Trinajstić information content (AvgIpc) is 2.30. The van der Waals surface area contributed by atoms with E-state index in [0.29, 0.717) is 0 Å². The van der Waals surface area contributed by atoms with E-state index in [-0.39, 0.29) is 18.8 Å². The molecule has 0 aliphatic carbocycles. The van der Waals surface area contributed by atoms with E-state index in [1.54, 1.807) is 0 Å². The summed E-state index contributed by atoms with van der Waals surface area (Å²) in [6.45, 7) is 4.00. The molecule has 0 bridgehead atoms. The van der Waals surface area contributed by atoms with E-state index in [1.807, 2.05) is 44.2 Å². The number of hydrogen-bond donors (Lipinski definition) is 1. The largest absolute Gasteiger partial charge is 0.395 e. The summed E-state index contributed by atoms with van der Waals surface area (Å²) in [4.78, 5) is 21.5. The van der Waals surface area contributed by atoms with Crippen LogP contribution in [0.15, 0.2) is 30.3 Å². The molecule has 0 spiro atoms. The van der Waals surface area contributed by atoms with Gasteiger partial charge in [-0.25, -0.2) is 0 Å². The minimum atomic E-state index is -0.818. The molecule has 0 aromatic heterocycles. The first kappa shape index (κ1) is 13.4. The van der Waals surface area contributed by atoms with Crippen LogP contribution in [0, 0.1) is 5.92 Å². The zero-order chi connectivity index (χ0) is 12.9. The molecule has 0 aliphatic heterocycles. The van der Waals surface area contributed by atoms with Crippen molar-refractivity contribution in [1.29, 1.82) is 0 Å². The van der Waals surface area contributed by atoms with Crippen molar-refractivity contribution >= 4 is 12.4 Å². The third-order valence-corrected chi connectivity index (χ3v) is 2.96. The maximum absolute atomic E-state index is 11.4. The lowest BCUT2D eigenvalue weighted by molar-refractivity contribution is -0.152. The summed E-state index contributed by atoms with van der Waals surface area (Å²) in [7, 11) is 0. The molecular weight excluding hydrogens is 218 g/mol. The van der Waals surface area contributed by atoms with Crippen molar-refractivity contribution in [2.45, 2.75) is 25.8 Å². The number of benzene rings is 1. The van der Waals surface area contributed by atoms with Gasteiger partial charge in [-0.3, -0.25) is 9.59 Å². The molecule has 1 aromatic rings. The van der Waals surface area contributed by atoms with E-state index in [9.17, 15) is 9.59 Å². The number of rotatable bonds is 5. The van der Waals surface area contributed by atoms with Crippen LogP contribution in [-0.2, 0) is 19.9 Å². The van der Waals surface area contributed by atoms with Gasteiger partial charge in [0.25, 0.3) is 0 Å². The third-order valence-electron chi connectivity index (χ3n) is 2.96. The highest BCUT2D eigenvalue weighted by molar-refractivity contribution is 5.77. The quantitative estimate of drug-likeness (QED) is 0.478. The van der Waals surface area contributed by atoms with E-state index in [0.717, 1.165) is 5.56 Å². The Morgan fingerprint density at radius 3 is 2.47 bits per heavy atom. The van der Waals surface area contributed by atoms with Crippen LogP contribution < -0.4 is 5.73 Å². The first-order valence-electron chi connectivity index (χ1n) is 5.48. The molecule has 2 N–H and O–H groups in total. The fourth-order valence-corrected chi connectivity index (χ4v) is 1.72. The van der Waals surface area contributed by atoms with Gasteiger partial charge in [0.05, 0.1) is 12.0 Å². The monoisotopic (exact) mass is 235 g/mol. The summed E-state index contributed by atoms with van der Waals surface area (Å²) >= 11 is 0. The number of ether oxygens (including phenoxy) is 1. The number of nitrogens with two attached hydrogens (primary N) is 1. The van der Waals surface area contributed by atoms with E-state index in [4.69, 9.17) is 5.73 Å². The van der Waals surface area contributed by atoms with Crippen LogP contribution >= 0.6 is 0 Å². The molecule has 4 heteroatoms. The highest BCUT2D eigenvalue weighted by Crippen LogP contribution is 2.30. The van der Waals surface area contributed by atoms with Gasteiger partial charge in [0.2, 0.25) is 0 Å². The van der Waals surface area contributed by atoms with Gasteiger partial charge in [0, 0.05) is 0 Å². The minimum absolute atomic E-state index is 0.0204. The summed E-state index contributed by atoms with van der Waals surface area (Å²) in [5.41, 5.74) is 6.32. The van der Waals surface area contributed by atoms with Crippen LogP contribution in [0.2, 0.25) is 0 Å². The Balaban J connectivity index is 2.98. The van der Waals surface area contributed by atoms with E-state index < -0.39 is 11.5 Å². The Bertz CT molecular complexity index is 389. The molecule has 1 atom stereocenters. The van der Waals surface area contributed by atoms with E-state index >= 15 is 0 Å². The standard InChI is InChI=1S/C13H17NO3/c1-10(2)13(14,8-12(16)17-9-15)11-6-4-3-5-7-11/h3-7,9-10H,8,14H2,1-2H3. The first-order valence-corrected chi connectivity index (χ1v) is 5.48. The summed E-state index contributed by atoms with van der Waals surface area (Å²) in [6.07, 6.45) is -0.0204. The van der Waals surface area contributed by atoms with Crippen molar-refractivity contribution in [3.8, 4) is 0 Å². The molecule has 4 nitrogen and oxygen atoms in total. The zero-order valence-corrected chi connectivity index (χ0v) is 10.1. The van der Waals surface area contributed by atoms with Crippen molar-refractivity contribution in [2.24, 2.45) is 11.7 Å². The Hall–Kier alpha value is -1.68. The van der Waals surface area contributed by atoms with Gasteiger partial charge < -0.3 is 10.5 Å². The molecule has 1 unspecified atom stereocenters. The number of esters is 1. The Morgan fingerprint density at radius 2 is 2.00 bits per heavy atom. The van der Waals surface area contributed by atoms with Crippen molar-refractivity contribution < 1.29 is 14.3 Å². The normalized spacial score (nSPS) is 14.1. The predicted octanol–water partition coefficient (Wildman–Crippen LogP) is 1.59. The molecule has 0 amide bonds. The first-order chi connectivity index (χ1) is 8.00. The van der Waals surface area contributed by atoms with Gasteiger partial charge in [-0.05, 0) is 11.5 Å². The second-order valence-corrected chi connectivity index (χ2v) is 4.32. The molecule has 0 saturated heterocycles. The summed E-state index contributed by atoms with van der Waals surface area (Å²) < 4.78 is 4.31. The fourth-order valence-electron chi connectivity index (χ4n) is 1.72. The van der Waals surface area contributed by atoms with Gasteiger partial charge in [0.1, 0.15) is 0 Å². The lowest BCUT2D eigenvalue weighted by Gasteiger charge is -2.33. The molecule has 0 fully saturated rings. The second kappa shape index (κ2) is 5.59. The van der Waals surface area contributed by atoms with Crippen LogP contribution in [0.5, 0.6) is 0 Å². The maximum Gasteiger partial charge on any atom is 0.315 e. The summed E-state index contributed by atoms with van der Waals surface area (Å²) in [5, 5.41) is 0. The highest BCUT2D eigenvalue weighted by Gasteiger charge is 2.34. The molecule has 1 rings (SSSR count). The minimum Gasteiger partial charge on any atom is -0.395 e. The Labute approximate surface area is 101 Å². The predicted molar refractivity (Wildman–Crippen MR) is 63.9 cm³/mol. The van der Waals surface area contributed by atoms with Gasteiger partial charge in [-0.1, -0.05) is 44.2 Å². The highest BCUT2D eigenvalue weighted by atomic mass is 16.6. The lowest BCUT2D eigenvalue weighted by Crippen LogP contribution is -2.44.